The monoisotopic (exact) mass is 667 g/mol. The molecule has 0 aliphatic rings. The summed E-state index contributed by atoms with van der Waals surface area (Å²) in [5, 5.41) is 2.88. The van der Waals surface area contributed by atoms with E-state index in [0.717, 1.165) is 41.3 Å². The van der Waals surface area contributed by atoms with Gasteiger partial charge in [0.15, 0.2) is 0 Å². The highest BCUT2D eigenvalue weighted by Crippen LogP contribution is 2.32. The molecule has 0 saturated carbocycles. The second-order valence-electron chi connectivity index (χ2n) is 9.82. The first-order valence-corrected chi connectivity index (χ1v) is 15.9. The third kappa shape index (κ3) is 9.59. The van der Waals surface area contributed by atoms with Gasteiger partial charge in [0.2, 0.25) is 21.8 Å². The van der Waals surface area contributed by atoms with Crippen LogP contribution in [-0.4, -0.2) is 50.5 Å². The smallest absolute Gasteiger partial charge is 0.354 e. The van der Waals surface area contributed by atoms with Crippen molar-refractivity contribution >= 4 is 43.5 Å². The number of benzene rings is 3. The Morgan fingerprint density at radius 3 is 2.21 bits per heavy atom. The van der Waals surface area contributed by atoms with Gasteiger partial charge in [-0.15, -0.1) is 0 Å². The molecule has 12 heteroatoms. The van der Waals surface area contributed by atoms with E-state index in [1.807, 2.05) is 25.1 Å². The molecule has 0 spiro atoms. The molecule has 0 aromatic heterocycles. The van der Waals surface area contributed by atoms with E-state index in [4.69, 9.17) is 0 Å². The predicted octanol–water partition coefficient (Wildman–Crippen LogP) is 5.79. The van der Waals surface area contributed by atoms with Crippen molar-refractivity contribution in [2.45, 2.75) is 44.9 Å². The topological polar surface area (TPSA) is 86.8 Å². The summed E-state index contributed by atoms with van der Waals surface area (Å²) in [7, 11) is -4.20. The molecule has 1 atom stereocenters. The quantitative estimate of drug-likeness (QED) is 0.234. The highest BCUT2D eigenvalue weighted by atomic mass is 79.9. The van der Waals surface area contributed by atoms with E-state index in [0.29, 0.717) is 22.5 Å². The Morgan fingerprint density at radius 2 is 1.62 bits per heavy atom. The second-order valence-corrected chi connectivity index (χ2v) is 12.6. The van der Waals surface area contributed by atoms with Crippen LogP contribution in [0, 0.1) is 0 Å². The molecule has 42 heavy (non-hydrogen) atoms. The van der Waals surface area contributed by atoms with Crippen molar-refractivity contribution in [2.24, 2.45) is 0 Å². The minimum absolute atomic E-state index is 0.0367. The molecule has 0 fully saturated rings. The van der Waals surface area contributed by atoms with E-state index < -0.39 is 46.2 Å². The molecule has 3 aromatic carbocycles. The van der Waals surface area contributed by atoms with E-state index in [1.165, 1.54) is 11.0 Å². The predicted molar refractivity (Wildman–Crippen MR) is 160 cm³/mol. The lowest BCUT2D eigenvalue weighted by Crippen LogP contribution is -2.53. The van der Waals surface area contributed by atoms with Gasteiger partial charge in [-0.3, -0.25) is 13.9 Å². The van der Waals surface area contributed by atoms with Gasteiger partial charge in [-0.2, -0.15) is 13.2 Å². The standard InChI is InChI=1S/C30H33BrF3N3O4S/c1-3-4-17-35-29(39)27(18-22-9-6-5-7-10-22)36(20-23-13-15-25(31)16-14-23)28(38)21-37(42(2,40)41)26-12-8-11-24(19-26)30(32,33)34/h5-16,19,27H,3-4,17-18,20-21H2,1-2H3,(H,35,39). The zero-order valence-corrected chi connectivity index (χ0v) is 25.7. The Hall–Kier alpha value is -3.38. The average molecular weight is 669 g/mol. The van der Waals surface area contributed by atoms with E-state index >= 15 is 0 Å². The van der Waals surface area contributed by atoms with Gasteiger partial charge < -0.3 is 10.2 Å². The number of nitrogens with one attached hydrogen (secondary N) is 1. The first kappa shape index (κ1) is 33.1. The Kier molecular flexibility index (Phi) is 11.6. The lowest BCUT2D eigenvalue weighted by atomic mass is 10.0. The molecule has 3 aromatic rings. The van der Waals surface area contributed by atoms with Crippen molar-refractivity contribution in [3.05, 3.63) is 100 Å². The number of carbonyl (C=O) groups is 2. The van der Waals surface area contributed by atoms with Gasteiger partial charge in [-0.05, 0) is 47.9 Å². The van der Waals surface area contributed by atoms with Crippen LogP contribution < -0.4 is 9.62 Å². The van der Waals surface area contributed by atoms with E-state index in [1.54, 1.807) is 36.4 Å². The Labute approximate surface area is 252 Å². The molecule has 3 rings (SSSR count). The number of unbranched alkanes of at least 4 members (excludes halogenated alkanes) is 1. The number of amides is 2. The molecule has 0 saturated heterocycles. The fourth-order valence-electron chi connectivity index (χ4n) is 4.30. The largest absolute Gasteiger partial charge is 0.416 e. The number of nitrogens with zero attached hydrogens (tertiary/aromatic N) is 2. The normalized spacial score (nSPS) is 12.4. The highest BCUT2D eigenvalue weighted by molar-refractivity contribution is 9.10. The molecule has 226 valence electrons. The molecule has 0 bridgehead atoms. The van der Waals surface area contributed by atoms with Crippen molar-refractivity contribution in [2.75, 3.05) is 23.7 Å². The van der Waals surface area contributed by atoms with Crippen LogP contribution in [0.2, 0.25) is 0 Å². The van der Waals surface area contributed by atoms with Gasteiger partial charge in [-0.1, -0.05) is 77.8 Å². The van der Waals surface area contributed by atoms with Crippen LogP contribution in [0.1, 0.15) is 36.5 Å². The lowest BCUT2D eigenvalue weighted by Gasteiger charge is -2.33. The van der Waals surface area contributed by atoms with Gasteiger partial charge in [0.05, 0.1) is 17.5 Å². The van der Waals surface area contributed by atoms with Crippen molar-refractivity contribution in [1.82, 2.24) is 10.2 Å². The number of alkyl halides is 3. The first-order chi connectivity index (χ1) is 19.8. The maximum absolute atomic E-state index is 14.0. The number of hydrogen-bond donors (Lipinski definition) is 1. The third-order valence-electron chi connectivity index (χ3n) is 6.51. The number of anilines is 1. The maximum atomic E-state index is 14.0. The van der Waals surface area contributed by atoms with Crippen LogP contribution in [0.25, 0.3) is 0 Å². The van der Waals surface area contributed by atoms with E-state index in [2.05, 4.69) is 21.2 Å². The summed E-state index contributed by atoms with van der Waals surface area (Å²) in [4.78, 5) is 28.8. The van der Waals surface area contributed by atoms with Gasteiger partial charge in [0, 0.05) is 24.0 Å². The minimum atomic E-state index is -4.71. The SMILES string of the molecule is CCCCNC(=O)C(Cc1ccccc1)N(Cc1ccc(Br)cc1)C(=O)CN(c1cccc(C(F)(F)F)c1)S(C)(=O)=O. The van der Waals surface area contributed by atoms with Crippen molar-refractivity contribution in [3.63, 3.8) is 0 Å². The molecule has 0 radical (unpaired) electrons. The molecule has 7 nitrogen and oxygen atoms in total. The molecule has 0 aliphatic carbocycles. The zero-order valence-electron chi connectivity index (χ0n) is 23.3. The molecular weight excluding hydrogens is 635 g/mol. The van der Waals surface area contributed by atoms with E-state index in [9.17, 15) is 31.2 Å². The maximum Gasteiger partial charge on any atom is 0.416 e. The van der Waals surface area contributed by atoms with Crippen molar-refractivity contribution in [3.8, 4) is 0 Å². The van der Waals surface area contributed by atoms with E-state index in [-0.39, 0.29) is 18.7 Å². The van der Waals surface area contributed by atoms with Crippen LogP contribution >= 0.6 is 15.9 Å². The number of hydrogen-bond acceptors (Lipinski definition) is 4. The second kappa shape index (κ2) is 14.7. The molecule has 0 heterocycles. The van der Waals surface area contributed by atoms with Crippen LogP contribution in [0.15, 0.2) is 83.3 Å². The zero-order chi connectivity index (χ0) is 30.9. The summed E-state index contributed by atoms with van der Waals surface area (Å²) in [5.74, 6) is -1.16. The Bertz CT molecular complexity index is 1450. The average Bonchev–Trinajstić information content (AvgIpc) is 2.94. The molecule has 2 amide bonds. The van der Waals surface area contributed by atoms with Crippen LogP contribution in [0.4, 0.5) is 18.9 Å². The summed E-state index contributed by atoms with van der Waals surface area (Å²) >= 11 is 3.37. The Morgan fingerprint density at radius 1 is 0.952 bits per heavy atom. The fraction of sp³-hybridized carbons (Fsp3) is 0.333. The van der Waals surface area contributed by atoms with Crippen molar-refractivity contribution in [1.29, 1.82) is 0 Å². The fourth-order valence-corrected chi connectivity index (χ4v) is 5.40. The summed E-state index contributed by atoms with van der Waals surface area (Å²) in [6.07, 6.45) is -2.19. The molecule has 1 unspecified atom stereocenters. The van der Waals surface area contributed by atoms with Crippen LogP contribution in [-0.2, 0) is 38.8 Å². The third-order valence-corrected chi connectivity index (χ3v) is 8.18. The van der Waals surface area contributed by atoms with Crippen LogP contribution in [0.3, 0.4) is 0 Å². The number of halogens is 4. The summed E-state index contributed by atoms with van der Waals surface area (Å²) in [6.45, 7) is 1.53. The number of sulfonamides is 1. The van der Waals surface area contributed by atoms with Gasteiger partial charge >= 0.3 is 6.18 Å². The first-order valence-electron chi connectivity index (χ1n) is 13.3. The van der Waals surface area contributed by atoms with Crippen LogP contribution in [0.5, 0.6) is 0 Å². The van der Waals surface area contributed by atoms with Gasteiger partial charge in [0.25, 0.3) is 0 Å². The highest BCUT2D eigenvalue weighted by Gasteiger charge is 2.35. The summed E-state index contributed by atoms with van der Waals surface area (Å²) < 4.78 is 67.3. The van der Waals surface area contributed by atoms with Crippen molar-refractivity contribution < 1.29 is 31.2 Å². The number of rotatable bonds is 13. The van der Waals surface area contributed by atoms with Gasteiger partial charge in [-0.25, -0.2) is 8.42 Å². The minimum Gasteiger partial charge on any atom is -0.354 e. The molecular formula is C30H33BrF3N3O4S. The van der Waals surface area contributed by atoms with Gasteiger partial charge in [0.1, 0.15) is 12.6 Å². The molecule has 0 aliphatic heterocycles. The lowest BCUT2D eigenvalue weighted by molar-refractivity contribution is -0.140. The summed E-state index contributed by atoms with van der Waals surface area (Å²) in [5.41, 5.74) is 0.0943. The summed E-state index contributed by atoms with van der Waals surface area (Å²) in [6, 6.07) is 18.9. The molecule has 1 N–H and O–H groups in total. The number of carbonyl (C=O) groups excluding carboxylic acids is 2. The Balaban J connectivity index is 2.05.